The second-order valence-corrected chi connectivity index (χ2v) is 15.0. The van der Waals surface area contributed by atoms with Crippen LogP contribution in [0, 0.1) is 0 Å². The molecular formula is C43H79N3O3S2. The minimum atomic E-state index is -0.685. The third-order valence-electron chi connectivity index (χ3n) is 9.11. The van der Waals surface area contributed by atoms with Crippen LogP contribution in [0.5, 0.6) is 0 Å². The number of rotatable bonds is 32. The zero-order chi connectivity index (χ0) is 37.6. The van der Waals surface area contributed by atoms with Crippen molar-refractivity contribution in [1.29, 1.82) is 0 Å². The number of hydrogen-bond donors (Lipinski definition) is 4. The van der Waals surface area contributed by atoms with E-state index >= 15 is 0 Å². The molecule has 6 nitrogen and oxygen atoms in total. The fourth-order valence-electron chi connectivity index (χ4n) is 5.87. The van der Waals surface area contributed by atoms with Crippen molar-refractivity contribution < 1.29 is 14.6 Å². The zero-order valence-electron chi connectivity index (χ0n) is 33.5. The average Bonchev–Trinajstić information content (AvgIpc) is 3.56. The molecule has 0 radical (unpaired) electrons. The number of oxazole rings is 1. The Bertz CT molecular complexity index is 957. The van der Waals surface area contributed by atoms with Gasteiger partial charge >= 0.3 is 0 Å². The summed E-state index contributed by atoms with van der Waals surface area (Å²) in [5, 5.41) is 25.1. The van der Waals surface area contributed by atoms with Gasteiger partial charge in [-0.25, -0.2) is 4.98 Å². The summed E-state index contributed by atoms with van der Waals surface area (Å²) in [5.74, 6) is -0.426. The Balaban J connectivity index is 0.000000735. The van der Waals surface area contributed by atoms with E-state index in [9.17, 15) is 5.11 Å². The maximum atomic E-state index is 9.40. The molecule has 0 bridgehead atoms. The molecule has 0 aliphatic rings. The Hall–Kier alpha value is -1.61. The van der Waals surface area contributed by atoms with Crippen LogP contribution in [-0.4, -0.2) is 51.5 Å². The van der Waals surface area contributed by atoms with Gasteiger partial charge in [-0.2, -0.15) is 0 Å². The Morgan fingerprint density at radius 1 is 0.569 bits per heavy atom. The van der Waals surface area contributed by atoms with Crippen LogP contribution >= 0.6 is 24.4 Å². The van der Waals surface area contributed by atoms with E-state index in [4.69, 9.17) is 21.7 Å². The highest BCUT2D eigenvalue weighted by molar-refractivity contribution is 7.80. The van der Waals surface area contributed by atoms with E-state index in [-0.39, 0.29) is 22.4 Å². The van der Waals surface area contributed by atoms with E-state index in [0.717, 1.165) is 0 Å². The highest BCUT2D eigenvalue weighted by Crippen LogP contribution is 2.25. The Morgan fingerprint density at radius 3 is 1.25 bits per heavy atom. The molecule has 1 aromatic carbocycles. The van der Waals surface area contributed by atoms with Gasteiger partial charge in [-0.05, 0) is 88.4 Å². The molecule has 1 heterocycles. The molecule has 4 N–H and O–H groups in total. The maximum absolute atomic E-state index is 9.40. The molecule has 51 heavy (non-hydrogen) atoms. The highest BCUT2D eigenvalue weighted by Gasteiger charge is 2.24. The van der Waals surface area contributed by atoms with Gasteiger partial charge in [-0.1, -0.05) is 168 Å². The number of nitrogens with zero attached hydrogens (tertiary/aromatic N) is 1. The fourth-order valence-corrected chi connectivity index (χ4v) is 6.22. The number of hydrogen-bond acceptors (Lipinski definition) is 6. The number of aliphatic hydroxyl groups is 2. The molecule has 1 atom stereocenters. The Labute approximate surface area is 325 Å². The third-order valence-corrected chi connectivity index (χ3v) is 9.56. The van der Waals surface area contributed by atoms with Gasteiger partial charge < -0.3 is 25.3 Å². The largest absolute Gasteiger partial charge is 0.502 e. The molecule has 2 aromatic rings. The van der Waals surface area contributed by atoms with Crippen molar-refractivity contribution in [3.05, 3.63) is 30.2 Å². The normalized spacial score (nSPS) is 11.5. The second kappa shape index (κ2) is 38.1. The van der Waals surface area contributed by atoms with Crippen LogP contribution in [0.3, 0.4) is 0 Å². The van der Waals surface area contributed by atoms with Gasteiger partial charge in [0.25, 0.3) is 0 Å². The van der Waals surface area contributed by atoms with Gasteiger partial charge in [0, 0.05) is 6.42 Å². The number of nitrogens with one attached hydrogen (secondary N) is 2. The van der Waals surface area contributed by atoms with Crippen LogP contribution in [0.2, 0.25) is 0 Å². The topological polar surface area (TPSA) is 90.5 Å². The van der Waals surface area contributed by atoms with Crippen LogP contribution in [0.15, 0.2) is 28.7 Å². The van der Waals surface area contributed by atoms with Crippen LogP contribution in [0.4, 0.5) is 0 Å². The van der Waals surface area contributed by atoms with Gasteiger partial charge in [-0.3, -0.25) is 0 Å². The molecule has 296 valence electrons. The van der Waals surface area contributed by atoms with Crippen molar-refractivity contribution in [3.63, 3.8) is 0 Å². The van der Waals surface area contributed by atoms with Crippen molar-refractivity contribution in [1.82, 2.24) is 15.6 Å². The number of para-hydroxylation sites is 2. The lowest BCUT2D eigenvalue weighted by Gasteiger charge is -2.07. The first-order chi connectivity index (χ1) is 24.9. The molecule has 0 saturated carbocycles. The molecule has 0 aliphatic carbocycles. The van der Waals surface area contributed by atoms with E-state index in [1.807, 2.05) is 12.1 Å². The lowest BCUT2D eigenvalue weighted by atomic mass is 10.1. The average molecular weight is 750 g/mol. The standard InChI is InChI=1S/2C16H35N.C11H9NO3S2/c2*1-3-5-7-9-11-13-15-17-16-14-12-10-8-6-4-2;13-9(16)5-6(11(14)17)10-12-7-3-1-2-4-8(7)15-10/h2*17H,3-16H2,1-2H3;1-4,6H,5H2,(H,13,16)(H,14,17). The van der Waals surface area contributed by atoms with Crippen molar-refractivity contribution in [2.45, 2.75) is 194 Å². The fraction of sp³-hybridized carbons (Fsp3) is 0.791. The van der Waals surface area contributed by atoms with E-state index in [0.29, 0.717) is 11.1 Å². The van der Waals surface area contributed by atoms with Gasteiger partial charge in [0.1, 0.15) is 11.4 Å². The number of aliphatic hydroxyl groups excluding tert-OH is 2. The molecule has 0 amide bonds. The third kappa shape index (κ3) is 31.6. The number of aromatic nitrogens is 1. The van der Waals surface area contributed by atoms with Crippen molar-refractivity contribution in [2.75, 3.05) is 26.2 Å². The van der Waals surface area contributed by atoms with Gasteiger partial charge in [0.2, 0.25) is 5.89 Å². The van der Waals surface area contributed by atoms with Crippen molar-refractivity contribution >= 4 is 45.6 Å². The summed E-state index contributed by atoms with van der Waals surface area (Å²) in [6.45, 7) is 14.1. The molecular weight excluding hydrogens is 671 g/mol. The Morgan fingerprint density at radius 2 is 0.922 bits per heavy atom. The quantitative estimate of drug-likeness (QED) is 0.0434. The summed E-state index contributed by atoms with van der Waals surface area (Å²) in [7, 11) is 0. The summed E-state index contributed by atoms with van der Waals surface area (Å²) in [4.78, 5) is 4.20. The molecule has 0 saturated heterocycles. The first-order valence-corrected chi connectivity index (χ1v) is 21.9. The molecule has 0 aliphatic heterocycles. The molecule has 2 rings (SSSR count). The molecule has 0 spiro atoms. The summed E-state index contributed by atoms with van der Waals surface area (Å²) >= 11 is 9.29. The second-order valence-electron chi connectivity index (χ2n) is 14.1. The monoisotopic (exact) mass is 750 g/mol. The van der Waals surface area contributed by atoms with Gasteiger partial charge in [0.15, 0.2) is 15.7 Å². The minimum absolute atomic E-state index is 0.0253. The maximum Gasteiger partial charge on any atom is 0.207 e. The summed E-state index contributed by atoms with van der Waals surface area (Å²) in [6, 6.07) is 7.20. The van der Waals surface area contributed by atoms with E-state index in [1.165, 1.54) is 180 Å². The first kappa shape index (κ1) is 49.4. The minimum Gasteiger partial charge on any atom is -0.502 e. The van der Waals surface area contributed by atoms with E-state index in [2.05, 4.69) is 55.5 Å². The van der Waals surface area contributed by atoms with Crippen molar-refractivity contribution in [3.8, 4) is 0 Å². The van der Waals surface area contributed by atoms with Gasteiger partial charge in [-0.15, -0.1) is 0 Å². The van der Waals surface area contributed by atoms with Crippen LogP contribution in [0.1, 0.15) is 200 Å². The van der Waals surface area contributed by atoms with Crippen LogP contribution < -0.4 is 10.6 Å². The van der Waals surface area contributed by atoms with Crippen molar-refractivity contribution in [2.24, 2.45) is 0 Å². The smallest absolute Gasteiger partial charge is 0.207 e. The lowest BCUT2D eigenvalue weighted by molar-refractivity contribution is 0.459. The number of unbranched alkanes of at least 4 members (excludes halogenated alkanes) is 20. The summed E-state index contributed by atoms with van der Waals surface area (Å²) in [6.07, 6.45) is 33.8. The van der Waals surface area contributed by atoms with Crippen LogP contribution in [-0.2, 0) is 0 Å². The predicted octanol–water partition coefficient (Wildman–Crippen LogP) is 13.7. The summed E-state index contributed by atoms with van der Waals surface area (Å²) < 4.78 is 5.46. The molecule has 0 fully saturated rings. The first-order valence-electron chi connectivity index (χ1n) is 21.1. The van der Waals surface area contributed by atoms with E-state index < -0.39 is 5.92 Å². The number of thiocarbonyl (C=S) groups is 2. The molecule has 1 unspecified atom stereocenters. The SMILES string of the molecule is CCCCCCCCNCCCCCCCC.CCCCCCCCNCCCCCCCC.OC(=S)CC(C(O)=S)c1nc2ccccc2o1. The molecule has 1 aromatic heterocycles. The van der Waals surface area contributed by atoms with Gasteiger partial charge in [0.05, 0.1) is 0 Å². The Kier molecular flexibility index (Phi) is 36.9. The lowest BCUT2D eigenvalue weighted by Crippen LogP contribution is -2.16. The molecule has 8 heteroatoms. The van der Waals surface area contributed by atoms with Crippen LogP contribution in [0.25, 0.3) is 11.1 Å². The highest BCUT2D eigenvalue weighted by atomic mass is 32.1. The van der Waals surface area contributed by atoms with E-state index in [1.54, 1.807) is 12.1 Å². The summed E-state index contributed by atoms with van der Waals surface area (Å²) in [5.41, 5.74) is 1.28. The zero-order valence-corrected chi connectivity index (χ0v) is 35.1. The predicted molar refractivity (Wildman–Crippen MR) is 231 cm³/mol. The number of benzene rings is 1. The number of fused-ring (bicyclic) bond motifs is 1.